The Kier molecular flexibility index (Phi) is 5.61. The number of nitro benzene ring substituents is 2. The first-order valence-corrected chi connectivity index (χ1v) is 8.32. The normalized spacial score (nSPS) is 11.1. The summed E-state index contributed by atoms with van der Waals surface area (Å²) in [6.07, 6.45) is 0. The third kappa shape index (κ3) is 4.30. The topological polar surface area (TPSA) is 108 Å². The van der Waals surface area contributed by atoms with Crippen molar-refractivity contribution >= 4 is 28.7 Å². The van der Waals surface area contributed by atoms with Gasteiger partial charge < -0.3 is 4.84 Å². The van der Waals surface area contributed by atoms with Crippen LogP contribution in [0.3, 0.4) is 0 Å². The number of non-ortho nitro benzene ring substituents is 1. The number of benzene rings is 3. The first kappa shape index (κ1) is 19.0. The van der Waals surface area contributed by atoms with Gasteiger partial charge in [-0.15, -0.1) is 0 Å². The summed E-state index contributed by atoms with van der Waals surface area (Å²) in [4.78, 5) is 26.0. The third-order valence-electron chi connectivity index (χ3n) is 3.75. The summed E-state index contributed by atoms with van der Waals surface area (Å²) in [7, 11) is 0. The lowest BCUT2D eigenvalue weighted by atomic mass is 10.0. The lowest BCUT2D eigenvalue weighted by Gasteiger charge is -2.08. The smallest absolute Gasteiger partial charge is 0.321 e. The van der Waals surface area contributed by atoms with Crippen molar-refractivity contribution in [1.82, 2.24) is 0 Å². The number of halogens is 1. The zero-order chi connectivity index (χ0) is 20.1. The van der Waals surface area contributed by atoms with E-state index in [2.05, 4.69) is 5.16 Å². The lowest BCUT2D eigenvalue weighted by Crippen LogP contribution is -2.06. The van der Waals surface area contributed by atoms with Crippen molar-refractivity contribution < 1.29 is 14.7 Å². The van der Waals surface area contributed by atoms with Crippen LogP contribution >= 0.6 is 11.6 Å². The van der Waals surface area contributed by atoms with Crippen LogP contribution in [0.25, 0.3) is 0 Å². The molecule has 0 N–H and O–H groups in total. The molecule has 0 fully saturated rings. The molecule has 28 heavy (non-hydrogen) atoms. The highest BCUT2D eigenvalue weighted by molar-refractivity contribution is 6.30. The second-order valence-electron chi connectivity index (χ2n) is 5.57. The second-order valence-corrected chi connectivity index (χ2v) is 6.01. The molecule has 0 unspecified atom stereocenters. The molecule has 0 saturated carbocycles. The van der Waals surface area contributed by atoms with Crippen molar-refractivity contribution in [3.63, 3.8) is 0 Å². The van der Waals surface area contributed by atoms with Gasteiger partial charge in [0.2, 0.25) is 5.75 Å². The molecular weight excluding hydrogens is 386 g/mol. The molecule has 8 nitrogen and oxygen atoms in total. The van der Waals surface area contributed by atoms with Crippen molar-refractivity contribution in [1.29, 1.82) is 0 Å². The van der Waals surface area contributed by atoms with E-state index in [9.17, 15) is 20.2 Å². The molecule has 9 heteroatoms. The van der Waals surface area contributed by atoms with E-state index in [0.717, 1.165) is 23.8 Å². The van der Waals surface area contributed by atoms with Crippen LogP contribution in [0.1, 0.15) is 11.1 Å². The van der Waals surface area contributed by atoms with Crippen LogP contribution in [0.4, 0.5) is 11.4 Å². The summed E-state index contributed by atoms with van der Waals surface area (Å²) in [6.45, 7) is 0. The maximum atomic E-state index is 11.3. The van der Waals surface area contributed by atoms with Crippen molar-refractivity contribution in [3.8, 4) is 5.75 Å². The van der Waals surface area contributed by atoms with E-state index in [4.69, 9.17) is 16.4 Å². The highest BCUT2D eigenvalue weighted by Crippen LogP contribution is 2.31. The minimum Gasteiger partial charge on any atom is -0.349 e. The van der Waals surface area contributed by atoms with Crippen LogP contribution < -0.4 is 4.84 Å². The minimum absolute atomic E-state index is 0.210. The van der Waals surface area contributed by atoms with E-state index in [1.54, 1.807) is 36.4 Å². The zero-order valence-electron chi connectivity index (χ0n) is 14.2. The maximum absolute atomic E-state index is 11.3. The molecule has 3 aromatic rings. The summed E-state index contributed by atoms with van der Waals surface area (Å²) in [6, 6.07) is 19.0. The molecule has 0 bridgehead atoms. The summed E-state index contributed by atoms with van der Waals surface area (Å²) < 4.78 is 0. The van der Waals surface area contributed by atoms with Crippen LogP contribution in [0, 0.1) is 20.2 Å². The fourth-order valence-corrected chi connectivity index (χ4v) is 2.54. The van der Waals surface area contributed by atoms with Gasteiger partial charge in [-0.25, -0.2) is 0 Å². The Hall–Kier alpha value is -3.78. The number of nitrogens with zero attached hydrogens (tertiary/aromatic N) is 3. The number of nitro groups is 2. The van der Waals surface area contributed by atoms with Gasteiger partial charge in [0.1, 0.15) is 5.71 Å². The largest absolute Gasteiger partial charge is 0.349 e. The SMILES string of the molecule is O=[N+]([O-])c1ccc(O/N=C(\c2ccccc2)c2ccc(Cl)cc2)c([N+](=O)[O-])c1. The van der Waals surface area contributed by atoms with Crippen molar-refractivity contribution in [2.45, 2.75) is 0 Å². The van der Waals surface area contributed by atoms with Gasteiger partial charge in [-0.2, -0.15) is 0 Å². The maximum Gasteiger partial charge on any atom is 0.321 e. The zero-order valence-corrected chi connectivity index (χ0v) is 14.9. The van der Waals surface area contributed by atoms with E-state index < -0.39 is 21.2 Å². The quantitative estimate of drug-likeness (QED) is 0.331. The Morgan fingerprint density at radius 2 is 1.50 bits per heavy atom. The van der Waals surface area contributed by atoms with Crippen molar-refractivity contribution in [2.75, 3.05) is 0 Å². The highest BCUT2D eigenvalue weighted by atomic mass is 35.5. The Balaban J connectivity index is 2.04. The number of oxime groups is 1. The molecular formula is C19H12ClN3O5. The van der Waals surface area contributed by atoms with Gasteiger partial charge in [-0.1, -0.05) is 59.2 Å². The monoisotopic (exact) mass is 397 g/mol. The van der Waals surface area contributed by atoms with E-state index in [1.165, 1.54) is 0 Å². The summed E-state index contributed by atoms with van der Waals surface area (Å²) in [5.41, 5.74) is 0.852. The Morgan fingerprint density at radius 3 is 2.11 bits per heavy atom. The number of hydrogen-bond acceptors (Lipinski definition) is 6. The van der Waals surface area contributed by atoms with Gasteiger partial charge in [0.05, 0.1) is 15.9 Å². The second kappa shape index (κ2) is 8.28. The van der Waals surface area contributed by atoms with Gasteiger partial charge >= 0.3 is 5.69 Å². The number of rotatable bonds is 6. The van der Waals surface area contributed by atoms with Gasteiger partial charge in [-0.05, 0) is 18.2 Å². The average Bonchev–Trinajstić information content (AvgIpc) is 2.70. The van der Waals surface area contributed by atoms with Gasteiger partial charge in [-0.3, -0.25) is 20.2 Å². The van der Waals surface area contributed by atoms with E-state index >= 15 is 0 Å². The fourth-order valence-electron chi connectivity index (χ4n) is 2.41. The van der Waals surface area contributed by atoms with Crippen LogP contribution in [0.2, 0.25) is 5.02 Å². The predicted molar refractivity (Wildman–Crippen MR) is 104 cm³/mol. The Labute approximate surface area is 163 Å². The molecule has 0 aliphatic carbocycles. The predicted octanol–water partition coefficient (Wildman–Crippen LogP) is 4.99. The molecule has 0 heterocycles. The first-order valence-electron chi connectivity index (χ1n) is 7.95. The van der Waals surface area contributed by atoms with Crippen LogP contribution in [-0.4, -0.2) is 15.6 Å². The lowest BCUT2D eigenvalue weighted by molar-refractivity contribution is -0.394. The molecule has 0 spiro atoms. The molecule has 140 valence electrons. The van der Waals surface area contributed by atoms with Crippen LogP contribution in [0.15, 0.2) is 78.0 Å². The molecule has 3 aromatic carbocycles. The van der Waals surface area contributed by atoms with Crippen LogP contribution in [0.5, 0.6) is 5.75 Å². The summed E-state index contributed by atoms with van der Waals surface area (Å²) in [5, 5.41) is 26.7. The van der Waals surface area contributed by atoms with Crippen LogP contribution in [-0.2, 0) is 0 Å². The molecule has 0 radical (unpaired) electrons. The molecule has 0 aliphatic rings. The summed E-state index contributed by atoms with van der Waals surface area (Å²) >= 11 is 5.93. The Morgan fingerprint density at radius 1 is 0.857 bits per heavy atom. The van der Waals surface area contributed by atoms with E-state index in [0.29, 0.717) is 16.3 Å². The van der Waals surface area contributed by atoms with Crippen molar-refractivity contribution in [3.05, 3.63) is 109 Å². The summed E-state index contributed by atoms with van der Waals surface area (Å²) in [5.74, 6) is -0.210. The molecule has 0 aromatic heterocycles. The average molecular weight is 398 g/mol. The number of hydrogen-bond donors (Lipinski definition) is 0. The van der Waals surface area contributed by atoms with E-state index in [1.807, 2.05) is 18.2 Å². The van der Waals surface area contributed by atoms with E-state index in [-0.39, 0.29) is 5.75 Å². The molecule has 0 saturated heterocycles. The molecule has 0 aliphatic heterocycles. The highest BCUT2D eigenvalue weighted by Gasteiger charge is 2.21. The molecule has 0 amide bonds. The first-order chi connectivity index (χ1) is 13.5. The van der Waals surface area contributed by atoms with Gasteiger partial charge in [0, 0.05) is 22.2 Å². The fraction of sp³-hybridized carbons (Fsp3) is 0. The standard InChI is InChI=1S/C19H12ClN3O5/c20-15-8-6-14(7-9-15)19(13-4-2-1-3-5-13)21-28-18-11-10-16(22(24)25)12-17(18)23(26)27/h1-12H/b21-19+. The minimum atomic E-state index is -0.762. The van der Waals surface area contributed by atoms with Crippen molar-refractivity contribution in [2.24, 2.45) is 5.16 Å². The molecule has 3 rings (SSSR count). The Bertz CT molecular complexity index is 1050. The van der Waals surface area contributed by atoms with Gasteiger partial charge in [0.25, 0.3) is 5.69 Å². The van der Waals surface area contributed by atoms with Gasteiger partial charge in [0.15, 0.2) is 0 Å². The molecule has 0 atom stereocenters. The third-order valence-corrected chi connectivity index (χ3v) is 4.00.